The lowest BCUT2D eigenvalue weighted by Gasteiger charge is -2.40. The Bertz CT molecular complexity index is 1010. The number of likely N-dealkylation sites (tertiary alicyclic amines) is 1. The third kappa shape index (κ3) is 4.22. The van der Waals surface area contributed by atoms with Crippen LogP contribution in [0, 0.1) is 5.41 Å². The average Bonchev–Trinajstić information content (AvgIpc) is 3.20. The van der Waals surface area contributed by atoms with Gasteiger partial charge in [-0.2, -0.15) is 13.2 Å². The lowest BCUT2D eigenvalue weighted by atomic mass is 9.77. The number of carbonyl (C=O) groups is 1. The summed E-state index contributed by atoms with van der Waals surface area (Å²) in [6.45, 7) is 3.49. The van der Waals surface area contributed by atoms with E-state index in [4.69, 9.17) is 4.74 Å². The predicted molar refractivity (Wildman–Crippen MR) is 117 cm³/mol. The van der Waals surface area contributed by atoms with E-state index in [9.17, 15) is 23.1 Å². The zero-order valence-corrected chi connectivity index (χ0v) is 18.3. The molecular weight excluding hydrogens is 433 g/mol. The molecule has 3 heterocycles. The first kappa shape index (κ1) is 22.2. The molecule has 3 fully saturated rings. The van der Waals surface area contributed by atoms with E-state index in [-0.39, 0.29) is 24.5 Å². The van der Waals surface area contributed by atoms with Gasteiger partial charge >= 0.3 is 6.18 Å². The highest BCUT2D eigenvalue weighted by Crippen LogP contribution is 2.42. The molecule has 1 spiro atoms. The third-order valence-electron chi connectivity index (χ3n) is 7.46. The second-order valence-corrected chi connectivity index (χ2v) is 9.61. The summed E-state index contributed by atoms with van der Waals surface area (Å²) in [6.07, 6.45) is -1.57. The van der Waals surface area contributed by atoms with Crippen LogP contribution in [0.25, 0.3) is 0 Å². The molecule has 2 aromatic rings. The van der Waals surface area contributed by atoms with Gasteiger partial charge in [0.1, 0.15) is 5.60 Å². The number of nitrogens with zero attached hydrogens (tertiary/aromatic N) is 2. The number of piperidine rings is 1. The van der Waals surface area contributed by atoms with Crippen LogP contribution in [-0.2, 0) is 16.5 Å². The van der Waals surface area contributed by atoms with Gasteiger partial charge in [0.05, 0.1) is 18.8 Å². The summed E-state index contributed by atoms with van der Waals surface area (Å²) in [5.41, 5.74) is 0.674. The van der Waals surface area contributed by atoms with E-state index in [1.165, 1.54) is 0 Å². The standard InChI is InChI=1S/C25H27F3N2O3/c26-25(27,28)20-5-7-21(8-6-20)29-12-9-23(10-13-29)11-14-30(15-23)22(31)18-1-3-19(4-2-18)24(32)16-33-17-24/h1-8,32H,9-17H2. The Kier molecular flexibility index (Phi) is 5.40. The Balaban J connectivity index is 1.18. The highest BCUT2D eigenvalue weighted by Gasteiger charge is 2.43. The molecular formula is C25H27F3N2O3. The molecule has 8 heteroatoms. The summed E-state index contributed by atoms with van der Waals surface area (Å²) in [6, 6.07) is 12.5. The maximum absolute atomic E-state index is 13.1. The van der Waals surface area contributed by atoms with Crippen molar-refractivity contribution in [3.05, 3.63) is 65.2 Å². The Morgan fingerprint density at radius 2 is 1.52 bits per heavy atom. The van der Waals surface area contributed by atoms with Crippen LogP contribution in [0.2, 0.25) is 0 Å². The zero-order valence-electron chi connectivity index (χ0n) is 18.3. The minimum absolute atomic E-state index is 0.000410. The van der Waals surface area contributed by atoms with Gasteiger partial charge in [-0.25, -0.2) is 0 Å². The van der Waals surface area contributed by atoms with Crippen molar-refractivity contribution in [2.75, 3.05) is 44.3 Å². The molecule has 1 amide bonds. The first-order valence-electron chi connectivity index (χ1n) is 11.3. The minimum atomic E-state index is -4.32. The van der Waals surface area contributed by atoms with E-state index in [0.717, 1.165) is 55.7 Å². The third-order valence-corrected chi connectivity index (χ3v) is 7.46. The van der Waals surface area contributed by atoms with Crippen LogP contribution in [0.5, 0.6) is 0 Å². The number of benzene rings is 2. The van der Waals surface area contributed by atoms with E-state index in [1.54, 1.807) is 36.4 Å². The number of ether oxygens (including phenoxy) is 1. The van der Waals surface area contributed by atoms with E-state index >= 15 is 0 Å². The number of rotatable bonds is 3. The van der Waals surface area contributed by atoms with Crippen molar-refractivity contribution in [1.82, 2.24) is 4.90 Å². The van der Waals surface area contributed by atoms with Gasteiger partial charge in [-0.05, 0) is 66.6 Å². The van der Waals surface area contributed by atoms with Gasteiger partial charge in [-0.3, -0.25) is 4.79 Å². The number of aliphatic hydroxyl groups is 1. The SMILES string of the molecule is O=C(c1ccc(C2(O)COC2)cc1)N1CCC2(CCN(c3ccc(C(F)(F)F)cc3)CC2)C1. The second kappa shape index (κ2) is 8.02. The monoisotopic (exact) mass is 460 g/mol. The molecule has 0 aliphatic carbocycles. The van der Waals surface area contributed by atoms with Crippen molar-refractivity contribution >= 4 is 11.6 Å². The van der Waals surface area contributed by atoms with Crippen molar-refractivity contribution in [3.8, 4) is 0 Å². The van der Waals surface area contributed by atoms with Crippen LogP contribution < -0.4 is 4.90 Å². The van der Waals surface area contributed by atoms with E-state index in [0.29, 0.717) is 18.7 Å². The molecule has 0 bridgehead atoms. The maximum Gasteiger partial charge on any atom is 0.416 e. The van der Waals surface area contributed by atoms with Crippen molar-refractivity contribution in [1.29, 1.82) is 0 Å². The number of hydrogen-bond donors (Lipinski definition) is 1. The topological polar surface area (TPSA) is 53.0 Å². The van der Waals surface area contributed by atoms with Gasteiger partial charge in [-0.15, -0.1) is 0 Å². The number of anilines is 1. The molecule has 0 atom stereocenters. The summed E-state index contributed by atoms with van der Waals surface area (Å²) < 4.78 is 43.5. The molecule has 0 saturated carbocycles. The van der Waals surface area contributed by atoms with Crippen LogP contribution in [0.3, 0.4) is 0 Å². The Labute approximate surface area is 190 Å². The largest absolute Gasteiger partial charge is 0.416 e. The van der Waals surface area contributed by atoms with Gasteiger partial charge in [0.15, 0.2) is 0 Å². The molecule has 3 saturated heterocycles. The van der Waals surface area contributed by atoms with E-state index in [2.05, 4.69) is 4.90 Å². The molecule has 1 N–H and O–H groups in total. The van der Waals surface area contributed by atoms with Crippen LogP contribution in [0.4, 0.5) is 18.9 Å². The number of halogens is 3. The smallest absolute Gasteiger partial charge is 0.380 e. The van der Waals surface area contributed by atoms with Crippen LogP contribution in [0.1, 0.15) is 40.7 Å². The van der Waals surface area contributed by atoms with Crippen molar-refractivity contribution in [2.24, 2.45) is 5.41 Å². The zero-order chi connectivity index (χ0) is 23.3. The molecule has 2 aromatic carbocycles. The number of hydrogen-bond acceptors (Lipinski definition) is 4. The Hall–Kier alpha value is -2.58. The second-order valence-electron chi connectivity index (χ2n) is 9.61. The molecule has 0 radical (unpaired) electrons. The number of carbonyl (C=O) groups excluding carboxylic acids is 1. The summed E-state index contributed by atoms with van der Waals surface area (Å²) in [5.74, 6) is 0.000410. The molecule has 3 aliphatic rings. The molecule has 33 heavy (non-hydrogen) atoms. The molecule has 5 nitrogen and oxygen atoms in total. The van der Waals surface area contributed by atoms with Crippen molar-refractivity contribution < 1.29 is 27.8 Å². The summed E-state index contributed by atoms with van der Waals surface area (Å²) in [5, 5.41) is 10.4. The van der Waals surface area contributed by atoms with Crippen LogP contribution in [0.15, 0.2) is 48.5 Å². The fraction of sp³-hybridized carbons (Fsp3) is 0.480. The van der Waals surface area contributed by atoms with Gasteiger partial charge in [0.2, 0.25) is 0 Å². The highest BCUT2D eigenvalue weighted by molar-refractivity contribution is 5.94. The van der Waals surface area contributed by atoms with Gasteiger partial charge in [0.25, 0.3) is 5.91 Å². The van der Waals surface area contributed by atoms with Crippen LogP contribution in [-0.4, -0.2) is 55.3 Å². The molecule has 176 valence electrons. The summed E-state index contributed by atoms with van der Waals surface area (Å²) in [7, 11) is 0. The predicted octanol–water partition coefficient (Wildman–Crippen LogP) is 4.06. The Morgan fingerprint density at radius 1 is 0.909 bits per heavy atom. The number of alkyl halides is 3. The molecule has 0 unspecified atom stereocenters. The first-order chi connectivity index (χ1) is 15.7. The van der Waals surface area contributed by atoms with E-state index in [1.807, 2.05) is 4.90 Å². The van der Waals surface area contributed by atoms with Gasteiger partial charge < -0.3 is 19.6 Å². The fourth-order valence-corrected chi connectivity index (χ4v) is 5.18. The molecule has 0 aromatic heterocycles. The lowest BCUT2D eigenvalue weighted by Crippen LogP contribution is -2.46. The van der Waals surface area contributed by atoms with E-state index < -0.39 is 17.3 Å². The van der Waals surface area contributed by atoms with Gasteiger partial charge in [0, 0.05) is 37.4 Å². The first-order valence-corrected chi connectivity index (χ1v) is 11.3. The molecule has 5 rings (SSSR count). The normalized spacial score (nSPS) is 21.8. The van der Waals surface area contributed by atoms with Crippen molar-refractivity contribution in [2.45, 2.75) is 31.0 Å². The van der Waals surface area contributed by atoms with Crippen LogP contribution >= 0.6 is 0 Å². The summed E-state index contributed by atoms with van der Waals surface area (Å²) >= 11 is 0. The minimum Gasteiger partial charge on any atom is -0.380 e. The summed E-state index contributed by atoms with van der Waals surface area (Å²) in [4.78, 5) is 17.1. The fourth-order valence-electron chi connectivity index (χ4n) is 5.18. The lowest BCUT2D eigenvalue weighted by molar-refractivity contribution is -0.184. The maximum atomic E-state index is 13.1. The van der Waals surface area contributed by atoms with Crippen molar-refractivity contribution in [3.63, 3.8) is 0 Å². The average molecular weight is 460 g/mol. The Morgan fingerprint density at radius 3 is 2.06 bits per heavy atom. The molecule has 3 aliphatic heterocycles. The number of amides is 1. The quantitative estimate of drug-likeness (QED) is 0.751. The highest BCUT2D eigenvalue weighted by atomic mass is 19.4. The van der Waals surface area contributed by atoms with Gasteiger partial charge in [-0.1, -0.05) is 12.1 Å².